The highest BCUT2D eigenvalue weighted by atomic mass is 16.5. The molecule has 0 amide bonds. The Morgan fingerprint density at radius 1 is 1.17 bits per heavy atom. The Labute approximate surface area is 135 Å². The van der Waals surface area contributed by atoms with Crippen LogP contribution in [0.5, 0.6) is 17.2 Å². The van der Waals surface area contributed by atoms with E-state index in [1.807, 2.05) is 12.1 Å². The van der Waals surface area contributed by atoms with E-state index in [0.717, 1.165) is 22.7 Å². The maximum absolute atomic E-state index is 11.0. The molecule has 0 saturated carbocycles. The van der Waals surface area contributed by atoms with Crippen molar-refractivity contribution in [3.8, 4) is 17.2 Å². The lowest BCUT2D eigenvalue weighted by Crippen LogP contribution is -2.03. The second kappa shape index (κ2) is 7.58. The Balaban J connectivity index is 2.27. The molecule has 0 unspecified atom stereocenters. The van der Waals surface area contributed by atoms with Crippen LogP contribution >= 0.6 is 0 Å². The Kier molecular flexibility index (Phi) is 5.51. The number of aromatic nitrogens is 1. The molecule has 0 aliphatic carbocycles. The van der Waals surface area contributed by atoms with Crippen molar-refractivity contribution in [2.45, 2.75) is 12.8 Å². The zero-order chi connectivity index (χ0) is 16.8. The molecular formula is C17H21NO5. The number of H-pyrrole nitrogens is 1. The maximum Gasteiger partial charge on any atom is 0.330 e. The van der Waals surface area contributed by atoms with E-state index in [2.05, 4.69) is 11.6 Å². The lowest BCUT2D eigenvalue weighted by atomic mass is 10.1. The second-order valence-electron chi connectivity index (χ2n) is 4.84. The van der Waals surface area contributed by atoms with Crippen molar-refractivity contribution in [1.82, 2.24) is 4.98 Å². The van der Waals surface area contributed by atoms with Crippen LogP contribution in [0.3, 0.4) is 0 Å². The summed E-state index contributed by atoms with van der Waals surface area (Å²) in [7, 11) is 4.80. The number of aromatic amines is 1. The van der Waals surface area contributed by atoms with Gasteiger partial charge in [-0.05, 0) is 25.0 Å². The molecule has 1 aromatic heterocycles. The van der Waals surface area contributed by atoms with Crippen molar-refractivity contribution in [3.05, 3.63) is 30.5 Å². The predicted molar refractivity (Wildman–Crippen MR) is 87.4 cm³/mol. The molecule has 0 atom stereocenters. The van der Waals surface area contributed by atoms with Gasteiger partial charge in [-0.1, -0.05) is 6.58 Å². The first-order chi connectivity index (χ1) is 11.2. The number of methoxy groups -OCH3 is 3. The molecule has 0 aliphatic rings. The van der Waals surface area contributed by atoms with E-state index in [1.54, 1.807) is 21.3 Å². The average molecular weight is 319 g/mol. The van der Waals surface area contributed by atoms with Crippen LogP contribution in [-0.2, 0) is 16.0 Å². The molecular weight excluding hydrogens is 298 g/mol. The average Bonchev–Trinajstić information content (AvgIpc) is 2.94. The molecule has 0 spiro atoms. The molecule has 2 rings (SSSR count). The monoisotopic (exact) mass is 319 g/mol. The second-order valence-corrected chi connectivity index (χ2v) is 4.84. The lowest BCUT2D eigenvalue weighted by Gasteiger charge is -2.10. The highest BCUT2D eigenvalue weighted by Crippen LogP contribution is 2.42. The number of hydrogen-bond acceptors (Lipinski definition) is 5. The van der Waals surface area contributed by atoms with Crippen molar-refractivity contribution in [2.24, 2.45) is 0 Å². The summed E-state index contributed by atoms with van der Waals surface area (Å²) in [6.45, 7) is 3.69. The highest BCUT2D eigenvalue weighted by molar-refractivity contribution is 5.95. The third kappa shape index (κ3) is 3.41. The summed E-state index contributed by atoms with van der Waals surface area (Å²) in [6, 6.07) is 3.76. The molecule has 0 radical (unpaired) electrons. The number of aryl methyl sites for hydroxylation is 1. The summed E-state index contributed by atoms with van der Waals surface area (Å²) in [5, 5.41) is 0.840. The summed E-state index contributed by atoms with van der Waals surface area (Å²) in [4.78, 5) is 14.4. The summed E-state index contributed by atoms with van der Waals surface area (Å²) in [5.41, 5.74) is 1.82. The summed E-state index contributed by atoms with van der Waals surface area (Å²) in [5.74, 6) is 1.57. The van der Waals surface area contributed by atoms with Gasteiger partial charge < -0.3 is 23.9 Å². The largest absolute Gasteiger partial charge is 0.494 e. The van der Waals surface area contributed by atoms with Crippen LogP contribution in [0.15, 0.2) is 24.8 Å². The van der Waals surface area contributed by atoms with Crippen molar-refractivity contribution in [3.63, 3.8) is 0 Å². The Bertz CT molecular complexity index is 705. The van der Waals surface area contributed by atoms with E-state index in [1.165, 1.54) is 0 Å². The highest BCUT2D eigenvalue weighted by Gasteiger charge is 2.19. The van der Waals surface area contributed by atoms with Gasteiger partial charge >= 0.3 is 5.97 Å². The van der Waals surface area contributed by atoms with Crippen LogP contribution in [0.4, 0.5) is 0 Å². The van der Waals surface area contributed by atoms with Gasteiger partial charge in [0.2, 0.25) is 0 Å². The van der Waals surface area contributed by atoms with Gasteiger partial charge in [-0.15, -0.1) is 0 Å². The van der Waals surface area contributed by atoms with Crippen molar-refractivity contribution in [2.75, 3.05) is 27.9 Å². The molecule has 124 valence electrons. The zero-order valence-corrected chi connectivity index (χ0v) is 13.6. The van der Waals surface area contributed by atoms with E-state index in [4.69, 9.17) is 18.9 Å². The molecule has 0 bridgehead atoms. The molecule has 6 heteroatoms. The van der Waals surface area contributed by atoms with Gasteiger partial charge in [0.05, 0.1) is 44.5 Å². The molecule has 1 aromatic carbocycles. The number of fused-ring (bicyclic) bond motifs is 1. The normalized spacial score (nSPS) is 10.4. The minimum Gasteiger partial charge on any atom is -0.494 e. The number of esters is 1. The fourth-order valence-electron chi connectivity index (χ4n) is 2.51. The van der Waals surface area contributed by atoms with Gasteiger partial charge in [0.1, 0.15) is 0 Å². The van der Waals surface area contributed by atoms with Crippen LogP contribution in [0.25, 0.3) is 10.9 Å². The molecule has 2 aromatic rings. The smallest absolute Gasteiger partial charge is 0.330 e. The van der Waals surface area contributed by atoms with Crippen LogP contribution in [0.2, 0.25) is 0 Å². The van der Waals surface area contributed by atoms with Gasteiger partial charge in [-0.3, -0.25) is 0 Å². The third-order valence-electron chi connectivity index (χ3n) is 3.52. The van der Waals surface area contributed by atoms with Crippen molar-refractivity contribution >= 4 is 16.9 Å². The third-order valence-corrected chi connectivity index (χ3v) is 3.52. The number of nitrogens with one attached hydrogen (secondary N) is 1. The molecule has 6 nitrogen and oxygen atoms in total. The minimum atomic E-state index is -0.417. The first-order valence-corrected chi connectivity index (χ1v) is 7.25. The molecule has 1 heterocycles. The number of rotatable bonds is 8. The van der Waals surface area contributed by atoms with Crippen molar-refractivity contribution < 1.29 is 23.7 Å². The fourth-order valence-corrected chi connectivity index (χ4v) is 2.51. The Morgan fingerprint density at radius 3 is 2.52 bits per heavy atom. The first kappa shape index (κ1) is 16.7. The summed E-state index contributed by atoms with van der Waals surface area (Å²) in [6.07, 6.45) is 2.50. The van der Waals surface area contributed by atoms with E-state index >= 15 is 0 Å². The van der Waals surface area contributed by atoms with E-state index in [0.29, 0.717) is 36.7 Å². The van der Waals surface area contributed by atoms with Crippen molar-refractivity contribution in [1.29, 1.82) is 0 Å². The van der Waals surface area contributed by atoms with E-state index < -0.39 is 5.97 Å². The maximum atomic E-state index is 11.0. The summed E-state index contributed by atoms with van der Waals surface area (Å²) < 4.78 is 21.3. The first-order valence-electron chi connectivity index (χ1n) is 7.25. The number of benzene rings is 1. The lowest BCUT2D eigenvalue weighted by molar-refractivity contribution is -0.137. The van der Waals surface area contributed by atoms with Crippen LogP contribution in [0, 0.1) is 0 Å². The number of hydrogen-bond donors (Lipinski definition) is 1. The number of ether oxygens (including phenoxy) is 4. The SMILES string of the molecule is C=CC(=O)OCCCc1[nH]c2ccc(OC)c(OC)c2c1OC. The topological polar surface area (TPSA) is 69.8 Å². The molecule has 0 fully saturated rings. The fraction of sp³-hybridized carbons (Fsp3) is 0.353. The molecule has 0 aliphatic heterocycles. The molecule has 0 saturated heterocycles. The number of carbonyl (C=O) groups is 1. The van der Waals surface area contributed by atoms with Crippen LogP contribution in [-0.4, -0.2) is 38.9 Å². The molecule has 1 N–H and O–H groups in total. The zero-order valence-electron chi connectivity index (χ0n) is 13.6. The summed E-state index contributed by atoms with van der Waals surface area (Å²) >= 11 is 0. The Hall–Kier alpha value is -2.63. The van der Waals surface area contributed by atoms with Crippen LogP contribution < -0.4 is 14.2 Å². The standard InChI is InChI=1S/C17H21NO5/c1-5-14(19)23-10-6-7-12-16(21-3)15-11(18-12)8-9-13(20-2)17(15)22-4/h5,8-9,18H,1,6-7,10H2,2-4H3. The predicted octanol–water partition coefficient (Wildman–Crippen LogP) is 2.86. The van der Waals surface area contributed by atoms with Gasteiger partial charge in [0, 0.05) is 6.08 Å². The van der Waals surface area contributed by atoms with E-state index in [-0.39, 0.29) is 0 Å². The molecule has 23 heavy (non-hydrogen) atoms. The Morgan fingerprint density at radius 2 is 1.91 bits per heavy atom. The van der Waals surface area contributed by atoms with Gasteiger partial charge in [-0.25, -0.2) is 4.79 Å². The van der Waals surface area contributed by atoms with E-state index in [9.17, 15) is 4.79 Å². The number of carbonyl (C=O) groups excluding carboxylic acids is 1. The minimum absolute atomic E-state index is 0.323. The van der Waals surface area contributed by atoms with Crippen LogP contribution in [0.1, 0.15) is 12.1 Å². The quantitative estimate of drug-likeness (QED) is 0.460. The van der Waals surface area contributed by atoms with Gasteiger partial charge in [0.15, 0.2) is 17.2 Å². The van der Waals surface area contributed by atoms with Gasteiger partial charge in [0.25, 0.3) is 0 Å². The van der Waals surface area contributed by atoms with Gasteiger partial charge in [-0.2, -0.15) is 0 Å².